The van der Waals surface area contributed by atoms with E-state index in [1.54, 1.807) is 0 Å². The van der Waals surface area contributed by atoms with Gasteiger partial charge in [0.05, 0.1) is 6.61 Å². The van der Waals surface area contributed by atoms with Gasteiger partial charge in [-0.15, -0.1) is 10.2 Å². The van der Waals surface area contributed by atoms with Gasteiger partial charge in [0.25, 0.3) is 0 Å². The number of sulfone groups is 1. The topological polar surface area (TPSA) is 113 Å². The van der Waals surface area contributed by atoms with E-state index in [0.29, 0.717) is 19.0 Å². The highest BCUT2D eigenvalue weighted by molar-refractivity contribution is 7.90. The van der Waals surface area contributed by atoms with Gasteiger partial charge >= 0.3 is 0 Å². The predicted octanol–water partition coefficient (Wildman–Crippen LogP) is 1.26. The highest BCUT2D eigenvalue weighted by atomic mass is 32.2. The first-order valence-corrected chi connectivity index (χ1v) is 9.14. The van der Waals surface area contributed by atoms with Gasteiger partial charge in [0.2, 0.25) is 26.7 Å². The summed E-state index contributed by atoms with van der Waals surface area (Å²) in [7, 11) is -2.24. The molecule has 0 aliphatic carbocycles. The Bertz CT molecular complexity index is 946. The molecule has 0 saturated carbocycles. The smallest absolute Gasteiger partial charge is 0.250 e. The summed E-state index contributed by atoms with van der Waals surface area (Å²) in [5.74, 6) is -0.111. The second-order valence-electron chi connectivity index (χ2n) is 5.44. The molecule has 1 aromatic carbocycles. The fraction of sp³-hybridized carbons (Fsp3) is 0.333. The van der Waals surface area contributed by atoms with E-state index in [2.05, 4.69) is 20.3 Å². The molecule has 0 bridgehead atoms. The molecule has 132 valence electrons. The molecule has 0 atom stereocenters. The maximum absolute atomic E-state index is 12.5. The lowest BCUT2D eigenvalue weighted by molar-refractivity contribution is 0.184. The number of benzene rings is 1. The maximum atomic E-state index is 12.5. The van der Waals surface area contributed by atoms with Crippen LogP contribution in [0.3, 0.4) is 0 Å². The molecule has 0 N–H and O–H groups in total. The van der Waals surface area contributed by atoms with Gasteiger partial charge in [-0.05, 0) is 6.92 Å². The minimum atomic E-state index is -3.77. The summed E-state index contributed by atoms with van der Waals surface area (Å²) < 4.78 is 36.5. The lowest BCUT2D eigenvalue weighted by Crippen LogP contribution is -2.15. The number of aryl methyl sites for hydroxylation is 1. The minimum absolute atomic E-state index is 0.00290. The Morgan fingerprint density at radius 1 is 1.24 bits per heavy atom. The van der Waals surface area contributed by atoms with Crippen LogP contribution in [-0.4, -0.2) is 47.0 Å². The van der Waals surface area contributed by atoms with Gasteiger partial charge in [0.15, 0.2) is 0 Å². The number of ether oxygens (including phenoxy) is 1. The molecule has 10 heteroatoms. The van der Waals surface area contributed by atoms with Gasteiger partial charge in [0.1, 0.15) is 12.1 Å². The lowest BCUT2D eigenvalue weighted by Gasteiger charge is -2.05. The zero-order chi connectivity index (χ0) is 17.9. The third-order valence-electron chi connectivity index (χ3n) is 3.49. The van der Waals surface area contributed by atoms with Crippen molar-refractivity contribution in [2.45, 2.75) is 24.4 Å². The first-order valence-electron chi connectivity index (χ1n) is 7.49. The van der Waals surface area contributed by atoms with Crippen molar-refractivity contribution in [2.24, 2.45) is 0 Å². The zero-order valence-electron chi connectivity index (χ0n) is 13.8. The molecule has 2 heterocycles. The van der Waals surface area contributed by atoms with E-state index in [9.17, 15) is 8.42 Å². The summed E-state index contributed by atoms with van der Waals surface area (Å²) in [4.78, 5) is 4.16. The van der Waals surface area contributed by atoms with E-state index in [-0.39, 0.29) is 11.0 Å². The monoisotopic (exact) mass is 363 g/mol. The number of hydrogen-bond donors (Lipinski definition) is 0. The Balaban J connectivity index is 1.80. The molecule has 0 fully saturated rings. The van der Waals surface area contributed by atoms with Crippen molar-refractivity contribution in [1.29, 1.82) is 0 Å². The highest BCUT2D eigenvalue weighted by Crippen LogP contribution is 2.19. The predicted molar refractivity (Wildman–Crippen MR) is 87.3 cm³/mol. The Morgan fingerprint density at radius 3 is 2.72 bits per heavy atom. The average molecular weight is 363 g/mol. The number of hydrogen-bond acceptors (Lipinski definition) is 8. The Kier molecular flexibility index (Phi) is 4.91. The van der Waals surface area contributed by atoms with Crippen LogP contribution >= 0.6 is 0 Å². The van der Waals surface area contributed by atoms with Crippen molar-refractivity contribution in [3.05, 3.63) is 42.0 Å². The van der Waals surface area contributed by atoms with E-state index in [4.69, 9.17) is 9.26 Å². The summed E-state index contributed by atoms with van der Waals surface area (Å²) in [6.07, 6.45) is 1.34. The average Bonchev–Trinajstić information content (AvgIpc) is 3.23. The van der Waals surface area contributed by atoms with Crippen LogP contribution in [0.15, 0.2) is 40.3 Å². The van der Waals surface area contributed by atoms with E-state index >= 15 is 0 Å². The van der Waals surface area contributed by atoms with Gasteiger partial charge < -0.3 is 13.8 Å². The van der Waals surface area contributed by atoms with E-state index in [0.717, 1.165) is 11.1 Å². The van der Waals surface area contributed by atoms with Gasteiger partial charge in [0, 0.05) is 19.2 Å². The first kappa shape index (κ1) is 17.2. The molecule has 0 radical (unpaired) electrons. The second kappa shape index (κ2) is 7.11. The minimum Gasteiger partial charge on any atom is -0.383 e. The third kappa shape index (κ3) is 3.91. The van der Waals surface area contributed by atoms with Gasteiger partial charge in [-0.2, -0.15) is 4.98 Å². The fourth-order valence-corrected chi connectivity index (χ4v) is 3.43. The molecule has 25 heavy (non-hydrogen) atoms. The van der Waals surface area contributed by atoms with Gasteiger partial charge in [-0.25, -0.2) is 8.42 Å². The molecule has 3 aromatic rings. The van der Waals surface area contributed by atoms with Crippen LogP contribution in [0.4, 0.5) is 0 Å². The Labute approximate surface area is 144 Å². The standard InChI is InChI=1S/C15H17N5O4S/c1-11-3-5-12(6-4-11)14-17-13(24-19-14)9-25(21,22)15-18-16-10-20(15)7-8-23-2/h3-6,10H,7-9H2,1-2H3. The van der Waals surface area contributed by atoms with Crippen molar-refractivity contribution in [2.75, 3.05) is 13.7 Å². The first-order chi connectivity index (χ1) is 12.0. The van der Waals surface area contributed by atoms with Crippen LogP contribution in [-0.2, 0) is 26.9 Å². The van der Waals surface area contributed by atoms with Crippen LogP contribution in [0, 0.1) is 6.92 Å². The Morgan fingerprint density at radius 2 is 2.00 bits per heavy atom. The normalized spacial score (nSPS) is 11.8. The third-order valence-corrected chi connectivity index (χ3v) is 4.99. The maximum Gasteiger partial charge on any atom is 0.250 e. The van der Waals surface area contributed by atoms with Crippen molar-refractivity contribution in [3.63, 3.8) is 0 Å². The molecule has 0 aliphatic rings. The van der Waals surface area contributed by atoms with Crippen molar-refractivity contribution in [3.8, 4) is 11.4 Å². The molecule has 0 unspecified atom stereocenters. The second-order valence-corrected chi connectivity index (χ2v) is 7.32. The molecular weight excluding hydrogens is 346 g/mol. The number of aromatic nitrogens is 5. The molecule has 9 nitrogen and oxygen atoms in total. The molecule has 0 amide bonds. The van der Waals surface area contributed by atoms with Crippen LogP contribution in [0.2, 0.25) is 0 Å². The van der Waals surface area contributed by atoms with Gasteiger partial charge in [-0.3, -0.25) is 0 Å². The quantitative estimate of drug-likeness (QED) is 0.616. The molecule has 2 aromatic heterocycles. The van der Waals surface area contributed by atoms with Crippen LogP contribution in [0.25, 0.3) is 11.4 Å². The summed E-state index contributed by atoms with van der Waals surface area (Å²) >= 11 is 0. The van der Waals surface area contributed by atoms with Crippen LogP contribution in [0.1, 0.15) is 11.5 Å². The molecule has 0 saturated heterocycles. The summed E-state index contributed by atoms with van der Waals surface area (Å²) in [5.41, 5.74) is 1.85. The van der Waals surface area contributed by atoms with Crippen molar-refractivity contribution >= 4 is 9.84 Å². The van der Waals surface area contributed by atoms with Crippen LogP contribution < -0.4 is 0 Å². The number of nitrogens with zero attached hydrogens (tertiary/aromatic N) is 5. The molecular formula is C15H17N5O4S. The van der Waals surface area contributed by atoms with Crippen molar-refractivity contribution in [1.82, 2.24) is 24.9 Å². The van der Waals surface area contributed by atoms with E-state index < -0.39 is 15.6 Å². The van der Waals surface area contributed by atoms with Crippen molar-refractivity contribution < 1.29 is 17.7 Å². The summed E-state index contributed by atoms with van der Waals surface area (Å²) in [6, 6.07) is 7.53. The lowest BCUT2D eigenvalue weighted by atomic mass is 10.1. The number of methoxy groups -OCH3 is 1. The van der Waals surface area contributed by atoms with E-state index in [1.807, 2.05) is 31.2 Å². The summed E-state index contributed by atoms with van der Waals surface area (Å²) in [6.45, 7) is 2.65. The highest BCUT2D eigenvalue weighted by Gasteiger charge is 2.25. The Hall–Kier alpha value is -2.59. The fourth-order valence-electron chi connectivity index (χ4n) is 2.19. The summed E-state index contributed by atoms with van der Waals surface area (Å²) in [5, 5.41) is 11.0. The van der Waals surface area contributed by atoms with Gasteiger partial charge in [-0.1, -0.05) is 35.0 Å². The zero-order valence-corrected chi connectivity index (χ0v) is 14.6. The molecule has 0 aliphatic heterocycles. The van der Waals surface area contributed by atoms with Crippen LogP contribution in [0.5, 0.6) is 0 Å². The SMILES string of the molecule is COCCn1cnnc1S(=O)(=O)Cc1nc(-c2ccc(C)cc2)no1. The molecule has 3 rings (SSSR count). The largest absolute Gasteiger partial charge is 0.383 e. The number of rotatable bonds is 7. The van der Waals surface area contributed by atoms with E-state index in [1.165, 1.54) is 18.0 Å². The molecule has 0 spiro atoms.